The Morgan fingerprint density at radius 1 is 1.31 bits per heavy atom. The number of amides is 1. The van der Waals surface area contributed by atoms with Crippen molar-refractivity contribution in [3.05, 3.63) is 35.4 Å². The summed E-state index contributed by atoms with van der Waals surface area (Å²) in [5.74, 6) is 0.694. The third-order valence-electron chi connectivity index (χ3n) is 4.93. The fourth-order valence-corrected chi connectivity index (χ4v) is 3.15. The molecule has 182 valence electrons. The Morgan fingerprint density at radius 3 is 2.72 bits per heavy atom. The molecule has 1 unspecified atom stereocenters. The summed E-state index contributed by atoms with van der Waals surface area (Å²) in [6.07, 6.45) is -3.50. The third-order valence-corrected chi connectivity index (χ3v) is 4.93. The van der Waals surface area contributed by atoms with Crippen molar-refractivity contribution >= 4 is 35.8 Å². The van der Waals surface area contributed by atoms with E-state index in [1.54, 1.807) is 27.3 Å². The Bertz CT molecular complexity index is 747. The van der Waals surface area contributed by atoms with E-state index >= 15 is 0 Å². The second-order valence-corrected chi connectivity index (χ2v) is 7.65. The van der Waals surface area contributed by atoms with Gasteiger partial charge in [-0.1, -0.05) is 12.1 Å². The molecule has 0 aromatic heterocycles. The molecule has 1 aliphatic rings. The molecule has 1 aliphatic heterocycles. The molecule has 2 rings (SSSR count). The average molecular weight is 572 g/mol. The van der Waals surface area contributed by atoms with Gasteiger partial charge in [0.05, 0.1) is 38.5 Å². The SMILES string of the molecule is COCCOCC1CCN(C(=NCc2cccc(C(F)(F)F)c2)NCC(=O)N(C)C)C1.I. The normalized spacial score (nSPS) is 16.6. The van der Waals surface area contributed by atoms with Crippen LogP contribution in [0.5, 0.6) is 0 Å². The summed E-state index contributed by atoms with van der Waals surface area (Å²) >= 11 is 0. The third kappa shape index (κ3) is 9.49. The summed E-state index contributed by atoms with van der Waals surface area (Å²) in [4.78, 5) is 20.0. The van der Waals surface area contributed by atoms with E-state index in [0.717, 1.165) is 25.1 Å². The van der Waals surface area contributed by atoms with Crippen LogP contribution >= 0.6 is 24.0 Å². The number of alkyl halides is 3. The predicted octanol–water partition coefficient (Wildman–Crippen LogP) is 2.84. The van der Waals surface area contributed by atoms with Crippen molar-refractivity contribution in [2.24, 2.45) is 10.9 Å². The number of guanidine groups is 1. The molecule has 11 heteroatoms. The Balaban J connectivity index is 0.00000512. The van der Waals surface area contributed by atoms with Gasteiger partial charge in [-0.2, -0.15) is 13.2 Å². The van der Waals surface area contributed by atoms with E-state index < -0.39 is 11.7 Å². The van der Waals surface area contributed by atoms with Crippen LogP contribution in [-0.4, -0.2) is 82.3 Å². The lowest BCUT2D eigenvalue weighted by Gasteiger charge is -2.23. The molecule has 1 aromatic carbocycles. The van der Waals surface area contributed by atoms with Crippen molar-refractivity contribution in [2.45, 2.75) is 19.1 Å². The number of aliphatic imine (C=N–C) groups is 1. The van der Waals surface area contributed by atoms with Crippen molar-refractivity contribution in [3.63, 3.8) is 0 Å². The van der Waals surface area contributed by atoms with Gasteiger partial charge in [0.15, 0.2) is 5.96 Å². The highest BCUT2D eigenvalue weighted by molar-refractivity contribution is 14.0. The first kappa shape index (κ1) is 28.4. The fraction of sp³-hybridized carbons (Fsp3) is 0.619. The Kier molecular flexibility index (Phi) is 12.3. The molecule has 1 N–H and O–H groups in total. The average Bonchev–Trinajstić information content (AvgIpc) is 3.19. The largest absolute Gasteiger partial charge is 0.416 e. The first-order valence-corrected chi connectivity index (χ1v) is 10.2. The Morgan fingerprint density at radius 2 is 2.06 bits per heavy atom. The molecule has 1 amide bonds. The zero-order valence-corrected chi connectivity index (χ0v) is 21.0. The van der Waals surface area contributed by atoms with Crippen molar-refractivity contribution in [1.29, 1.82) is 0 Å². The first-order valence-electron chi connectivity index (χ1n) is 10.2. The molecule has 0 saturated carbocycles. The van der Waals surface area contributed by atoms with Gasteiger partial charge >= 0.3 is 6.18 Å². The van der Waals surface area contributed by atoms with Crippen molar-refractivity contribution in [2.75, 3.05) is 60.7 Å². The second kappa shape index (κ2) is 13.8. The second-order valence-electron chi connectivity index (χ2n) is 7.65. The summed E-state index contributed by atoms with van der Waals surface area (Å²) in [5, 5.41) is 3.06. The zero-order valence-electron chi connectivity index (χ0n) is 18.7. The van der Waals surface area contributed by atoms with Gasteiger partial charge in [0.25, 0.3) is 0 Å². The van der Waals surface area contributed by atoms with Gasteiger partial charge in [0.1, 0.15) is 0 Å². The number of carbonyl (C=O) groups is 1. The highest BCUT2D eigenvalue weighted by Gasteiger charge is 2.30. The summed E-state index contributed by atoms with van der Waals surface area (Å²) < 4.78 is 49.5. The molecule has 1 atom stereocenters. The lowest BCUT2D eigenvalue weighted by atomic mass is 10.1. The smallest absolute Gasteiger partial charge is 0.382 e. The van der Waals surface area contributed by atoms with Gasteiger partial charge in [-0.3, -0.25) is 4.79 Å². The van der Waals surface area contributed by atoms with Crippen molar-refractivity contribution < 1.29 is 27.4 Å². The Hall–Kier alpha value is -1.60. The van der Waals surface area contributed by atoms with E-state index in [-0.39, 0.29) is 43.0 Å². The summed E-state index contributed by atoms with van der Waals surface area (Å²) in [7, 11) is 4.94. The molecule has 0 aliphatic carbocycles. The molecule has 1 heterocycles. The van der Waals surface area contributed by atoms with Crippen LogP contribution in [0.25, 0.3) is 0 Å². The number of methoxy groups -OCH3 is 1. The quantitative estimate of drug-likeness (QED) is 0.214. The first-order chi connectivity index (χ1) is 14.7. The minimum atomic E-state index is -4.40. The standard InChI is InChI=1S/C21H31F3N4O3.HI/c1-27(2)19(29)13-26-20(28-8-7-17(14-28)15-31-10-9-30-3)25-12-16-5-4-6-18(11-16)21(22,23)24;/h4-6,11,17H,7-10,12-15H2,1-3H3,(H,25,26);1H. The minimum Gasteiger partial charge on any atom is -0.382 e. The van der Waals surface area contributed by atoms with Crippen molar-refractivity contribution in [1.82, 2.24) is 15.1 Å². The van der Waals surface area contributed by atoms with E-state index in [9.17, 15) is 18.0 Å². The number of hydrogen-bond acceptors (Lipinski definition) is 4. The molecular formula is C21H32F3IN4O3. The van der Waals surface area contributed by atoms with E-state index in [2.05, 4.69) is 10.3 Å². The van der Waals surface area contributed by atoms with E-state index in [1.807, 2.05) is 4.90 Å². The maximum atomic E-state index is 13.0. The monoisotopic (exact) mass is 572 g/mol. The number of nitrogens with zero attached hydrogens (tertiary/aromatic N) is 3. The van der Waals surface area contributed by atoms with Crippen LogP contribution in [0.4, 0.5) is 13.2 Å². The number of carbonyl (C=O) groups excluding carboxylic acids is 1. The van der Waals surface area contributed by atoms with Crippen LogP contribution in [0.2, 0.25) is 0 Å². The molecule has 7 nitrogen and oxygen atoms in total. The van der Waals surface area contributed by atoms with E-state index in [4.69, 9.17) is 9.47 Å². The van der Waals surface area contributed by atoms with Gasteiger partial charge in [-0.05, 0) is 24.1 Å². The van der Waals surface area contributed by atoms with Gasteiger partial charge in [-0.15, -0.1) is 24.0 Å². The lowest BCUT2D eigenvalue weighted by Crippen LogP contribution is -2.44. The summed E-state index contributed by atoms with van der Waals surface area (Å²) in [6.45, 7) is 3.21. The number of rotatable bonds is 9. The summed E-state index contributed by atoms with van der Waals surface area (Å²) in [6, 6.07) is 5.12. The molecule has 0 spiro atoms. The Labute approximate surface area is 204 Å². The number of ether oxygens (including phenoxy) is 2. The summed E-state index contributed by atoms with van der Waals surface area (Å²) in [5.41, 5.74) is -0.251. The van der Waals surface area contributed by atoms with Gasteiger partial charge in [0.2, 0.25) is 5.91 Å². The highest BCUT2D eigenvalue weighted by Crippen LogP contribution is 2.29. The number of hydrogen-bond donors (Lipinski definition) is 1. The van der Waals surface area contributed by atoms with Crippen LogP contribution in [0.1, 0.15) is 17.5 Å². The molecule has 1 saturated heterocycles. The van der Waals surface area contributed by atoms with Crippen molar-refractivity contribution in [3.8, 4) is 0 Å². The maximum Gasteiger partial charge on any atom is 0.416 e. The number of likely N-dealkylation sites (tertiary alicyclic amines) is 1. The van der Waals surface area contributed by atoms with E-state index in [0.29, 0.717) is 43.8 Å². The van der Waals surface area contributed by atoms with Gasteiger partial charge < -0.3 is 24.6 Å². The number of nitrogens with one attached hydrogen (secondary N) is 1. The lowest BCUT2D eigenvalue weighted by molar-refractivity contribution is -0.137. The number of halogens is 4. The van der Waals surface area contributed by atoms with Crippen LogP contribution in [-0.2, 0) is 27.0 Å². The fourth-order valence-electron chi connectivity index (χ4n) is 3.15. The number of benzene rings is 1. The maximum absolute atomic E-state index is 13.0. The molecule has 0 bridgehead atoms. The predicted molar refractivity (Wildman–Crippen MR) is 127 cm³/mol. The van der Waals surface area contributed by atoms with Crippen LogP contribution in [0.15, 0.2) is 29.3 Å². The molecular weight excluding hydrogens is 540 g/mol. The van der Waals surface area contributed by atoms with Gasteiger partial charge in [-0.25, -0.2) is 4.99 Å². The molecule has 0 radical (unpaired) electrons. The number of likely N-dealkylation sites (N-methyl/N-ethyl adjacent to an activating group) is 1. The van der Waals surface area contributed by atoms with Gasteiger partial charge in [0, 0.05) is 40.2 Å². The molecule has 1 fully saturated rings. The zero-order chi connectivity index (χ0) is 22.9. The van der Waals surface area contributed by atoms with Crippen LogP contribution in [0, 0.1) is 5.92 Å². The molecule has 32 heavy (non-hydrogen) atoms. The molecule has 1 aromatic rings. The highest BCUT2D eigenvalue weighted by atomic mass is 127. The minimum absolute atomic E-state index is 0. The van der Waals surface area contributed by atoms with Crippen LogP contribution < -0.4 is 5.32 Å². The van der Waals surface area contributed by atoms with Crippen LogP contribution in [0.3, 0.4) is 0 Å². The topological polar surface area (TPSA) is 66.4 Å². The van der Waals surface area contributed by atoms with E-state index in [1.165, 1.54) is 11.0 Å².